The van der Waals surface area contributed by atoms with Gasteiger partial charge in [0.05, 0.1) is 27.4 Å². The molecular formula is C20H24O5. The van der Waals surface area contributed by atoms with E-state index >= 15 is 0 Å². The van der Waals surface area contributed by atoms with E-state index in [0.29, 0.717) is 23.3 Å². The highest BCUT2D eigenvalue weighted by Crippen LogP contribution is 2.33. The van der Waals surface area contributed by atoms with Crippen LogP contribution in [0.5, 0.6) is 23.0 Å². The van der Waals surface area contributed by atoms with Crippen molar-refractivity contribution in [2.45, 2.75) is 12.8 Å². The van der Waals surface area contributed by atoms with E-state index in [2.05, 4.69) is 0 Å². The van der Waals surface area contributed by atoms with Crippen LogP contribution in [0, 0.1) is 11.8 Å². The average Bonchev–Trinajstić information content (AvgIpc) is 3.05. The minimum atomic E-state index is 0.154. The molecule has 2 atom stereocenters. The number of hydrogen-bond donors (Lipinski definition) is 2. The van der Waals surface area contributed by atoms with Crippen molar-refractivity contribution >= 4 is 0 Å². The molecule has 1 saturated heterocycles. The quantitative estimate of drug-likeness (QED) is 0.842. The van der Waals surface area contributed by atoms with Crippen molar-refractivity contribution in [2.24, 2.45) is 11.8 Å². The summed E-state index contributed by atoms with van der Waals surface area (Å²) in [4.78, 5) is 0. The van der Waals surface area contributed by atoms with Gasteiger partial charge in [-0.05, 0) is 60.1 Å². The van der Waals surface area contributed by atoms with Crippen LogP contribution in [0.15, 0.2) is 36.4 Å². The Hall–Kier alpha value is -2.40. The van der Waals surface area contributed by atoms with Gasteiger partial charge >= 0.3 is 0 Å². The molecule has 0 spiro atoms. The molecule has 3 rings (SSSR count). The molecule has 0 aromatic heterocycles. The zero-order valence-corrected chi connectivity index (χ0v) is 14.6. The average molecular weight is 344 g/mol. The van der Waals surface area contributed by atoms with Crippen LogP contribution < -0.4 is 9.47 Å². The van der Waals surface area contributed by atoms with Gasteiger partial charge in [-0.25, -0.2) is 0 Å². The lowest BCUT2D eigenvalue weighted by Crippen LogP contribution is -2.17. The Labute approximate surface area is 147 Å². The van der Waals surface area contributed by atoms with Crippen LogP contribution in [0.25, 0.3) is 0 Å². The number of methoxy groups -OCH3 is 2. The fourth-order valence-electron chi connectivity index (χ4n) is 3.40. The van der Waals surface area contributed by atoms with Gasteiger partial charge in [-0.15, -0.1) is 0 Å². The topological polar surface area (TPSA) is 68.2 Å². The lowest BCUT2D eigenvalue weighted by atomic mass is 9.85. The van der Waals surface area contributed by atoms with Crippen molar-refractivity contribution in [3.63, 3.8) is 0 Å². The number of phenolic OH excluding ortho intramolecular Hbond substituents is 2. The maximum atomic E-state index is 9.73. The highest BCUT2D eigenvalue weighted by molar-refractivity contribution is 5.43. The number of rotatable bonds is 6. The molecule has 5 nitrogen and oxygen atoms in total. The first-order chi connectivity index (χ1) is 12.1. The molecule has 134 valence electrons. The molecule has 1 heterocycles. The Morgan fingerprint density at radius 3 is 1.68 bits per heavy atom. The molecule has 1 aliphatic heterocycles. The molecule has 2 aromatic carbocycles. The summed E-state index contributed by atoms with van der Waals surface area (Å²) in [5.41, 5.74) is 2.25. The molecular weight excluding hydrogens is 320 g/mol. The SMILES string of the molecule is COc1cc(CC2COCC2Cc2ccc(O)c(OC)c2)ccc1O. The van der Waals surface area contributed by atoms with E-state index < -0.39 is 0 Å². The van der Waals surface area contributed by atoms with Crippen molar-refractivity contribution in [3.8, 4) is 23.0 Å². The van der Waals surface area contributed by atoms with Crippen LogP contribution >= 0.6 is 0 Å². The fraction of sp³-hybridized carbons (Fsp3) is 0.400. The molecule has 1 aliphatic rings. The van der Waals surface area contributed by atoms with E-state index in [1.54, 1.807) is 26.4 Å². The first-order valence-corrected chi connectivity index (χ1v) is 8.40. The summed E-state index contributed by atoms with van der Waals surface area (Å²) < 4.78 is 16.1. The van der Waals surface area contributed by atoms with E-state index in [1.807, 2.05) is 24.3 Å². The zero-order valence-electron chi connectivity index (χ0n) is 14.6. The summed E-state index contributed by atoms with van der Waals surface area (Å²) in [5.74, 6) is 2.10. The maximum absolute atomic E-state index is 9.73. The van der Waals surface area contributed by atoms with E-state index in [4.69, 9.17) is 14.2 Å². The fourth-order valence-corrected chi connectivity index (χ4v) is 3.40. The predicted molar refractivity (Wildman–Crippen MR) is 94.5 cm³/mol. The van der Waals surface area contributed by atoms with Crippen molar-refractivity contribution in [3.05, 3.63) is 47.5 Å². The first-order valence-electron chi connectivity index (χ1n) is 8.40. The zero-order chi connectivity index (χ0) is 17.8. The van der Waals surface area contributed by atoms with Gasteiger partial charge in [-0.3, -0.25) is 0 Å². The van der Waals surface area contributed by atoms with Gasteiger partial charge in [0.25, 0.3) is 0 Å². The second kappa shape index (κ2) is 7.66. The van der Waals surface area contributed by atoms with Gasteiger partial charge in [0.15, 0.2) is 23.0 Å². The van der Waals surface area contributed by atoms with Gasteiger partial charge in [0.2, 0.25) is 0 Å². The van der Waals surface area contributed by atoms with Crippen LogP contribution in [0.1, 0.15) is 11.1 Å². The van der Waals surface area contributed by atoms with E-state index in [0.717, 1.165) is 37.2 Å². The minimum absolute atomic E-state index is 0.154. The van der Waals surface area contributed by atoms with Crippen LogP contribution in [0.2, 0.25) is 0 Å². The summed E-state index contributed by atoms with van der Waals surface area (Å²) in [6.07, 6.45) is 1.74. The largest absolute Gasteiger partial charge is 0.504 e. The van der Waals surface area contributed by atoms with Crippen molar-refractivity contribution < 1.29 is 24.4 Å². The number of hydrogen-bond acceptors (Lipinski definition) is 5. The molecule has 2 unspecified atom stereocenters. The third kappa shape index (κ3) is 3.99. The van der Waals surface area contributed by atoms with Gasteiger partial charge in [-0.1, -0.05) is 12.1 Å². The molecule has 25 heavy (non-hydrogen) atoms. The number of phenols is 2. The predicted octanol–water partition coefficient (Wildman–Crippen LogP) is 3.16. The standard InChI is InChI=1S/C20H24O5/c1-23-19-9-13(3-5-17(19)21)7-15-11-25-12-16(15)8-14-4-6-18(22)20(10-14)24-2/h3-6,9-10,15-16,21-22H,7-8,11-12H2,1-2H3. The lowest BCUT2D eigenvalue weighted by molar-refractivity contribution is 0.180. The van der Waals surface area contributed by atoms with Crippen LogP contribution in [0.4, 0.5) is 0 Å². The van der Waals surface area contributed by atoms with Gasteiger partial charge in [0.1, 0.15) is 0 Å². The van der Waals surface area contributed by atoms with Gasteiger partial charge in [-0.2, -0.15) is 0 Å². The number of ether oxygens (including phenoxy) is 3. The highest BCUT2D eigenvalue weighted by Gasteiger charge is 2.29. The summed E-state index contributed by atoms with van der Waals surface area (Å²) in [7, 11) is 3.11. The van der Waals surface area contributed by atoms with Crippen LogP contribution in [-0.4, -0.2) is 37.6 Å². The Bertz CT molecular complexity index is 667. The van der Waals surface area contributed by atoms with Gasteiger partial charge in [0, 0.05) is 0 Å². The third-order valence-electron chi connectivity index (χ3n) is 4.81. The van der Waals surface area contributed by atoms with E-state index in [1.165, 1.54) is 0 Å². The second-order valence-corrected chi connectivity index (χ2v) is 6.48. The summed E-state index contributed by atoms with van der Waals surface area (Å²) in [6.45, 7) is 1.45. The van der Waals surface area contributed by atoms with E-state index in [9.17, 15) is 10.2 Å². The molecule has 0 aliphatic carbocycles. The minimum Gasteiger partial charge on any atom is -0.504 e. The molecule has 0 bridgehead atoms. The van der Waals surface area contributed by atoms with Crippen molar-refractivity contribution in [1.82, 2.24) is 0 Å². The highest BCUT2D eigenvalue weighted by atomic mass is 16.5. The molecule has 0 amide bonds. The molecule has 0 saturated carbocycles. The smallest absolute Gasteiger partial charge is 0.160 e. The van der Waals surface area contributed by atoms with Crippen LogP contribution in [0.3, 0.4) is 0 Å². The Morgan fingerprint density at radius 1 is 0.840 bits per heavy atom. The van der Waals surface area contributed by atoms with Gasteiger partial charge < -0.3 is 24.4 Å². The molecule has 2 aromatic rings. The Kier molecular flexibility index (Phi) is 5.34. The lowest BCUT2D eigenvalue weighted by Gasteiger charge is -2.18. The molecule has 5 heteroatoms. The third-order valence-corrected chi connectivity index (χ3v) is 4.81. The summed E-state index contributed by atoms with van der Waals surface area (Å²) >= 11 is 0. The molecule has 2 N–H and O–H groups in total. The Balaban J connectivity index is 1.70. The first kappa shape index (κ1) is 17.4. The summed E-state index contributed by atoms with van der Waals surface area (Å²) in [5, 5.41) is 19.5. The van der Waals surface area contributed by atoms with Crippen molar-refractivity contribution in [1.29, 1.82) is 0 Å². The maximum Gasteiger partial charge on any atom is 0.160 e. The second-order valence-electron chi connectivity index (χ2n) is 6.48. The molecule has 0 radical (unpaired) electrons. The number of aromatic hydroxyl groups is 2. The summed E-state index contributed by atoms with van der Waals surface area (Å²) in [6, 6.07) is 11.0. The van der Waals surface area contributed by atoms with Crippen molar-refractivity contribution in [2.75, 3.05) is 27.4 Å². The van der Waals surface area contributed by atoms with Crippen LogP contribution in [-0.2, 0) is 17.6 Å². The number of benzene rings is 2. The Morgan fingerprint density at radius 2 is 1.28 bits per heavy atom. The van der Waals surface area contributed by atoms with E-state index in [-0.39, 0.29) is 11.5 Å². The monoisotopic (exact) mass is 344 g/mol. The molecule has 1 fully saturated rings. The normalized spacial score (nSPS) is 19.8.